The molecule has 0 radical (unpaired) electrons. The Morgan fingerprint density at radius 1 is 0.326 bits per heavy atom. The number of phosphoric ester groups is 2. The van der Waals surface area contributed by atoms with Crippen LogP contribution in [0.4, 0.5) is 0 Å². The Balaban J connectivity index is 5.26. The quantitative estimate of drug-likeness (QED) is 0.0222. The van der Waals surface area contributed by atoms with Gasteiger partial charge in [-0.3, -0.25) is 37.3 Å². The third-order valence-corrected chi connectivity index (χ3v) is 17.6. The predicted molar refractivity (Wildman–Crippen MR) is 344 cm³/mol. The average molecular weight is 1270 g/mol. The van der Waals surface area contributed by atoms with Gasteiger partial charge in [0.25, 0.3) is 0 Å². The number of hydrogen-bond donors (Lipinski definition) is 3. The first kappa shape index (κ1) is 84.1. The van der Waals surface area contributed by atoms with Gasteiger partial charge in [0.05, 0.1) is 26.4 Å². The van der Waals surface area contributed by atoms with Crippen molar-refractivity contribution in [3.05, 3.63) is 0 Å². The van der Waals surface area contributed by atoms with Crippen molar-refractivity contribution in [1.82, 2.24) is 0 Å². The summed E-state index contributed by atoms with van der Waals surface area (Å²) in [6.07, 6.45) is 37.6. The molecule has 19 heteroatoms. The normalized spacial score (nSPS) is 14.7. The SMILES string of the molecule is CCC(C)CCCCCCCCC(=O)O[C@H](COC(=O)CCCCCCCCCCC(C)C)COP(=O)(O)OCC(O)COP(=O)(O)OC[C@@H](COC(=O)CCCCCCCCCCCC(C)C)OC(=O)CCCCCCCCCCCCC(C)C. The highest BCUT2D eigenvalue weighted by Gasteiger charge is 2.30. The summed E-state index contributed by atoms with van der Waals surface area (Å²) in [4.78, 5) is 72.4. The number of aliphatic hydroxyl groups is 1. The molecule has 0 spiro atoms. The van der Waals surface area contributed by atoms with E-state index >= 15 is 0 Å². The standard InChI is InChI=1S/C67H130O17P2/c1-9-60(8)46-38-30-25-26-34-42-50-67(72)84-63(54-78-65(70)48-40-32-23-18-17-21-29-37-45-59(6)7)56-82-86(75,76)80-52-61(68)51-79-85(73,74)81-55-62(53-77-64(69)47-39-31-22-16-12-14-20-28-36-44-58(4)5)83-66(71)49-41-33-24-15-11-10-13-19-27-35-43-57(2)3/h57-63,68H,9-56H2,1-8H3,(H,73,74)(H,75,76)/t60?,61?,62-,63-/m1/s1. The fourth-order valence-electron chi connectivity index (χ4n) is 9.93. The van der Waals surface area contributed by atoms with E-state index in [0.29, 0.717) is 25.7 Å². The second-order valence-electron chi connectivity index (χ2n) is 25.9. The van der Waals surface area contributed by atoms with Gasteiger partial charge in [-0.25, -0.2) is 9.13 Å². The molecular weight excluding hydrogens is 1140 g/mol. The summed E-state index contributed by atoms with van der Waals surface area (Å²) in [6, 6.07) is 0. The summed E-state index contributed by atoms with van der Waals surface area (Å²) in [6.45, 7) is 14.0. The Bertz CT molecular complexity index is 1720. The van der Waals surface area contributed by atoms with Gasteiger partial charge in [-0.05, 0) is 49.4 Å². The van der Waals surface area contributed by atoms with E-state index in [4.69, 9.17) is 37.0 Å². The Hall–Kier alpha value is -1.94. The molecular formula is C67H130O17P2. The van der Waals surface area contributed by atoms with Crippen LogP contribution in [0, 0.1) is 23.7 Å². The van der Waals surface area contributed by atoms with E-state index in [1.165, 1.54) is 128 Å². The summed E-state index contributed by atoms with van der Waals surface area (Å²) >= 11 is 0. The lowest BCUT2D eigenvalue weighted by atomic mass is 10.00. The van der Waals surface area contributed by atoms with Gasteiger partial charge in [-0.2, -0.15) is 0 Å². The number of phosphoric acid groups is 2. The third kappa shape index (κ3) is 59.7. The molecule has 0 rings (SSSR count). The van der Waals surface area contributed by atoms with E-state index in [9.17, 15) is 43.2 Å². The van der Waals surface area contributed by atoms with E-state index in [1.807, 2.05) is 0 Å². The van der Waals surface area contributed by atoms with E-state index in [0.717, 1.165) is 114 Å². The Labute approximate surface area is 524 Å². The van der Waals surface area contributed by atoms with Crippen LogP contribution in [0.3, 0.4) is 0 Å². The number of rotatable bonds is 64. The number of carbonyl (C=O) groups excluding carboxylic acids is 4. The first-order valence-electron chi connectivity index (χ1n) is 34.7. The minimum Gasteiger partial charge on any atom is -0.462 e. The number of ether oxygens (including phenoxy) is 4. The zero-order chi connectivity index (χ0) is 63.9. The molecule has 0 aromatic heterocycles. The molecule has 0 aromatic rings. The Morgan fingerprint density at radius 3 is 0.826 bits per heavy atom. The minimum absolute atomic E-state index is 0.102. The van der Waals surface area contributed by atoms with Gasteiger partial charge in [0.1, 0.15) is 19.3 Å². The fourth-order valence-corrected chi connectivity index (χ4v) is 11.5. The zero-order valence-electron chi connectivity index (χ0n) is 55.9. The Morgan fingerprint density at radius 2 is 0.558 bits per heavy atom. The summed E-state index contributed by atoms with van der Waals surface area (Å²) < 4.78 is 68.1. The average Bonchev–Trinajstić information content (AvgIpc) is 3.68. The lowest BCUT2D eigenvalue weighted by molar-refractivity contribution is -0.161. The molecule has 0 heterocycles. The van der Waals surface area contributed by atoms with E-state index in [1.54, 1.807) is 0 Å². The molecule has 0 amide bonds. The monoisotopic (exact) mass is 1270 g/mol. The molecule has 0 aliphatic heterocycles. The van der Waals surface area contributed by atoms with Gasteiger partial charge in [0, 0.05) is 25.7 Å². The van der Waals surface area contributed by atoms with Crippen LogP contribution in [0.2, 0.25) is 0 Å². The molecule has 0 aliphatic rings. The second-order valence-corrected chi connectivity index (χ2v) is 28.8. The van der Waals surface area contributed by atoms with Crippen molar-refractivity contribution in [1.29, 1.82) is 0 Å². The molecule has 3 N–H and O–H groups in total. The fraction of sp³-hybridized carbons (Fsp3) is 0.940. The summed E-state index contributed by atoms with van der Waals surface area (Å²) in [5.74, 6) is 0.806. The summed E-state index contributed by atoms with van der Waals surface area (Å²) in [7, 11) is -9.90. The second kappa shape index (κ2) is 57.0. The highest BCUT2D eigenvalue weighted by atomic mass is 31.2. The maximum Gasteiger partial charge on any atom is 0.472 e. The van der Waals surface area contributed by atoms with Crippen molar-refractivity contribution in [2.75, 3.05) is 39.6 Å². The number of hydrogen-bond acceptors (Lipinski definition) is 15. The van der Waals surface area contributed by atoms with Gasteiger partial charge in [-0.15, -0.1) is 0 Å². The molecule has 17 nitrogen and oxygen atoms in total. The lowest BCUT2D eigenvalue weighted by Crippen LogP contribution is -2.30. The third-order valence-electron chi connectivity index (χ3n) is 15.7. The van der Waals surface area contributed by atoms with Crippen LogP contribution in [-0.4, -0.2) is 96.7 Å². The van der Waals surface area contributed by atoms with Crippen LogP contribution in [0.1, 0.15) is 325 Å². The molecule has 0 saturated carbocycles. The molecule has 0 fully saturated rings. The van der Waals surface area contributed by atoms with Gasteiger partial charge < -0.3 is 33.8 Å². The molecule has 4 unspecified atom stereocenters. The first-order valence-corrected chi connectivity index (χ1v) is 37.7. The summed E-state index contributed by atoms with van der Waals surface area (Å²) in [5.41, 5.74) is 0. The van der Waals surface area contributed by atoms with Crippen molar-refractivity contribution in [2.45, 2.75) is 343 Å². The highest BCUT2D eigenvalue weighted by Crippen LogP contribution is 2.45. The zero-order valence-corrected chi connectivity index (χ0v) is 57.7. The lowest BCUT2D eigenvalue weighted by Gasteiger charge is -2.21. The minimum atomic E-state index is -4.95. The molecule has 0 aromatic carbocycles. The van der Waals surface area contributed by atoms with Gasteiger partial charge >= 0.3 is 39.5 Å². The number of unbranched alkanes of at least 4 members (excludes halogenated alkanes) is 29. The van der Waals surface area contributed by atoms with Gasteiger partial charge in [0.2, 0.25) is 0 Å². The van der Waals surface area contributed by atoms with Crippen molar-refractivity contribution in [3.8, 4) is 0 Å². The molecule has 0 aliphatic carbocycles. The first-order chi connectivity index (χ1) is 41.1. The van der Waals surface area contributed by atoms with Crippen LogP contribution < -0.4 is 0 Å². The Kier molecular flexibility index (Phi) is 55.7. The number of aliphatic hydroxyl groups excluding tert-OH is 1. The maximum atomic E-state index is 13.0. The topological polar surface area (TPSA) is 237 Å². The number of carbonyl (C=O) groups is 4. The highest BCUT2D eigenvalue weighted by molar-refractivity contribution is 7.47. The molecule has 510 valence electrons. The predicted octanol–water partition coefficient (Wildman–Crippen LogP) is 18.5. The van der Waals surface area contributed by atoms with Crippen LogP contribution in [0.25, 0.3) is 0 Å². The van der Waals surface area contributed by atoms with E-state index in [2.05, 4.69) is 55.4 Å². The largest absolute Gasteiger partial charge is 0.472 e. The smallest absolute Gasteiger partial charge is 0.462 e. The number of esters is 4. The molecule has 0 saturated heterocycles. The molecule has 0 bridgehead atoms. The van der Waals surface area contributed by atoms with Crippen molar-refractivity contribution >= 4 is 39.5 Å². The van der Waals surface area contributed by atoms with Crippen molar-refractivity contribution in [2.24, 2.45) is 23.7 Å². The summed E-state index contributed by atoms with van der Waals surface area (Å²) in [5, 5.41) is 10.6. The van der Waals surface area contributed by atoms with E-state index in [-0.39, 0.29) is 25.7 Å². The van der Waals surface area contributed by atoms with Crippen LogP contribution in [-0.2, 0) is 65.4 Å². The molecule has 6 atom stereocenters. The molecule has 86 heavy (non-hydrogen) atoms. The van der Waals surface area contributed by atoms with Gasteiger partial charge in [-0.1, -0.05) is 274 Å². The van der Waals surface area contributed by atoms with E-state index < -0.39 is 97.5 Å². The van der Waals surface area contributed by atoms with Crippen molar-refractivity contribution in [3.63, 3.8) is 0 Å². The van der Waals surface area contributed by atoms with Crippen molar-refractivity contribution < 1.29 is 80.2 Å². The van der Waals surface area contributed by atoms with Crippen LogP contribution >= 0.6 is 15.6 Å². The van der Waals surface area contributed by atoms with Crippen LogP contribution in [0.15, 0.2) is 0 Å². The van der Waals surface area contributed by atoms with Crippen LogP contribution in [0.5, 0.6) is 0 Å². The maximum absolute atomic E-state index is 13.0. The van der Waals surface area contributed by atoms with Gasteiger partial charge in [0.15, 0.2) is 12.2 Å².